The van der Waals surface area contributed by atoms with Crippen molar-refractivity contribution in [3.63, 3.8) is 0 Å². The summed E-state index contributed by atoms with van der Waals surface area (Å²) >= 11 is 0. The van der Waals surface area contributed by atoms with Gasteiger partial charge in [0.15, 0.2) is 0 Å². The Morgan fingerprint density at radius 1 is 0.327 bits per heavy atom. The predicted molar refractivity (Wildman–Crippen MR) is 221 cm³/mol. The summed E-state index contributed by atoms with van der Waals surface area (Å²) in [5.41, 5.74) is 0. The van der Waals surface area contributed by atoms with Crippen molar-refractivity contribution in [3.05, 3.63) is 0 Å². The van der Waals surface area contributed by atoms with Crippen LogP contribution >= 0.6 is 0 Å². The zero-order chi connectivity index (χ0) is 36.6. The minimum atomic E-state index is -3.32. The molecule has 0 heterocycles. The van der Waals surface area contributed by atoms with Crippen molar-refractivity contribution in [1.82, 2.24) is 0 Å². The minimum absolute atomic E-state index is 0.198. The van der Waals surface area contributed by atoms with Gasteiger partial charge in [0.05, 0.1) is 38.5 Å². The van der Waals surface area contributed by atoms with Gasteiger partial charge >= 0.3 is 0 Å². The molecule has 0 aliphatic carbocycles. The molecule has 0 amide bonds. The monoisotopic (exact) mass is 717 g/mol. The first-order valence-corrected chi connectivity index (χ1v) is 24.2. The van der Waals surface area contributed by atoms with Crippen LogP contribution in [-0.2, 0) is 14.3 Å². The smallest absolute Gasteiger partial charge is 0.267 e. The van der Waals surface area contributed by atoms with Crippen LogP contribution in [0.15, 0.2) is 0 Å². The molecule has 0 atom stereocenters. The van der Waals surface area contributed by atoms with Gasteiger partial charge in [-0.25, -0.2) is 0 Å². The second-order valence-electron chi connectivity index (χ2n) is 15.3. The van der Waals surface area contributed by atoms with Crippen LogP contribution in [0.3, 0.4) is 0 Å². The third-order valence-corrected chi connectivity index (χ3v) is 12.5. The van der Waals surface area contributed by atoms with E-state index >= 15 is 0 Å². The maximum atomic E-state index is 12.1. The van der Waals surface area contributed by atoms with Gasteiger partial charge in [-0.3, -0.25) is 4.18 Å². The van der Waals surface area contributed by atoms with Crippen molar-refractivity contribution in [1.29, 1.82) is 0 Å². The van der Waals surface area contributed by atoms with E-state index in [0.29, 0.717) is 6.61 Å². The third kappa shape index (κ3) is 38.9. The van der Waals surface area contributed by atoms with Gasteiger partial charge in [-0.2, -0.15) is 8.42 Å². The van der Waals surface area contributed by atoms with Crippen molar-refractivity contribution < 1.29 is 17.1 Å². The molecule has 0 aliphatic rings. The van der Waals surface area contributed by atoms with E-state index in [0.717, 1.165) is 32.1 Å². The van der Waals surface area contributed by atoms with Crippen LogP contribution in [0, 0.1) is 0 Å². The molecule has 0 saturated heterocycles. The first-order valence-electron chi connectivity index (χ1n) is 22.6. The summed E-state index contributed by atoms with van der Waals surface area (Å²) in [6.07, 6.45) is 42.2. The van der Waals surface area contributed by atoms with Crippen LogP contribution < -0.4 is 0 Å². The summed E-state index contributed by atoms with van der Waals surface area (Å²) in [6, 6.07) is 0. The molecule has 0 aromatic carbocycles. The van der Waals surface area contributed by atoms with Gasteiger partial charge in [0.25, 0.3) is 10.1 Å². The van der Waals surface area contributed by atoms with Gasteiger partial charge in [0, 0.05) is 0 Å². The van der Waals surface area contributed by atoms with Gasteiger partial charge in [0.1, 0.15) is 0 Å². The third-order valence-electron chi connectivity index (χ3n) is 11.2. The summed E-state index contributed by atoms with van der Waals surface area (Å²) in [6.45, 7) is 19.1. The summed E-state index contributed by atoms with van der Waals surface area (Å²) in [5, 5.41) is 0. The molecule has 0 aliphatic heterocycles. The van der Waals surface area contributed by atoms with Crippen LogP contribution in [0.4, 0.5) is 0 Å². The van der Waals surface area contributed by atoms with E-state index in [1.54, 1.807) is 0 Å². The van der Waals surface area contributed by atoms with Crippen molar-refractivity contribution in [3.8, 4) is 0 Å². The van der Waals surface area contributed by atoms with Crippen molar-refractivity contribution in [2.24, 2.45) is 0 Å². The van der Waals surface area contributed by atoms with E-state index in [4.69, 9.17) is 4.18 Å². The Morgan fingerprint density at radius 2 is 0.551 bits per heavy atom. The number of unbranched alkanes of at least 4 members (excludes halogenated alkanes) is 30. The van der Waals surface area contributed by atoms with Gasteiger partial charge in [0.2, 0.25) is 0 Å². The number of rotatable bonds is 39. The molecule has 0 saturated carbocycles. The molecule has 0 unspecified atom stereocenters. The Labute approximate surface area is 311 Å². The Balaban J connectivity index is 0. The summed E-state index contributed by atoms with van der Waals surface area (Å²) in [4.78, 5) is 0. The van der Waals surface area contributed by atoms with Gasteiger partial charge in [-0.15, -0.1) is 0 Å². The highest BCUT2D eigenvalue weighted by Gasteiger charge is 2.16. The lowest BCUT2D eigenvalue weighted by Crippen LogP contribution is -2.47. The molecule has 5 heteroatoms. The molecule has 0 bridgehead atoms. The zero-order valence-electron chi connectivity index (χ0n) is 35.0. The van der Waals surface area contributed by atoms with Gasteiger partial charge in [-0.1, -0.05) is 206 Å². The number of hydrogen-bond acceptors (Lipinski definition) is 3. The lowest BCUT2D eigenvalue weighted by Gasteiger charge is -2.34. The van der Waals surface area contributed by atoms with Crippen molar-refractivity contribution in [2.45, 2.75) is 247 Å². The zero-order valence-corrected chi connectivity index (χ0v) is 35.8. The van der Waals surface area contributed by atoms with E-state index in [1.165, 1.54) is 204 Å². The average molecular weight is 717 g/mol. The largest absolute Gasteiger partial charge is 0.325 e. The molecule has 0 aromatic rings. The average Bonchev–Trinajstić information content (AvgIpc) is 3.11. The molecule has 0 spiro atoms. The second-order valence-corrected chi connectivity index (χ2v) is 17.1. The fourth-order valence-corrected chi connectivity index (χ4v) is 8.11. The van der Waals surface area contributed by atoms with E-state index in [9.17, 15) is 8.42 Å². The highest BCUT2D eigenvalue weighted by atomic mass is 32.2. The van der Waals surface area contributed by atoms with Crippen LogP contribution in [-0.4, -0.2) is 51.4 Å². The Bertz CT molecular complexity index is 689. The molecular weight excluding hydrogens is 623 g/mol. The molecule has 0 fully saturated rings. The molecular formula is C44H94NO3S+. The Morgan fingerprint density at radius 3 is 0.776 bits per heavy atom. The summed E-state index contributed by atoms with van der Waals surface area (Å²) < 4.78 is 30.7. The Kier molecular flexibility index (Phi) is 42.3. The highest BCUT2D eigenvalue weighted by molar-refractivity contribution is 7.86. The fourth-order valence-electron chi connectivity index (χ4n) is 7.06. The SMILES string of the molecule is CCCCCCCCCCCCCCCCCCCCCCCOS(=O)(=O)CCCCCCCCCCCCC.CC[N+](CC)(CC)CC. The van der Waals surface area contributed by atoms with Crippen molar-refractivity contribution in [2.75, 3.05) is 38.5 Å². The molecule has 0 N–H and O–H groups in total. The predicted octanol–water partition coefficient (Wildman–Crippen LogP) is 14.7. The summed E-state index contributed by atoms with van der Waals surface area (Å²) in [7, 11) is -3.32. The molecule has 0 rings (SSSR count). The molecule has 0 radical (unpaired) electrons. The normalized spacial score (nSPS) is 12.0. The standard InChI is InChI=1S/C36H74O3S.C8H20N/c1-3-5-7-9-11-13-15-16-17-18-19-20-21-22-23-24-25-27-29-31-33-35-39-40(37,38)36-34-32-30-28-26-14-12-10-8-6-4-2;1-5-9(6-2,7-3)8-4/h3-36H2,1-2H3;5-8H2,1-4H3/q;+1. The molecule has 4 nitrogen and oxygen atoms in total. The van der Waals surface area contributed by atoms with E-state index in [-0.39, 0.29) is 5.75 Å². The van der Waals surface area contributed by atoms with Crippen LogP contribution in [0.1, 0.15) is 247 Å². The number of nitrogens with zero attached hydrogens (tertiary/aromatic N) is 1. The molecule has 0 aromatic heterocycles. The van der Waals surface area contributed by atoms with Gasteiger partial charge < -0.3 is 4.48 Å². The van der Waals surface area contributed by atoms with E-state index in [2.05, 4.69) is 41.5 Å². The highest BCUT2D eigenvalue weighted by Crippen LogP contribution is 2.16. The quantitative estimate of drug-likeness (QED) is 0.0361. The second kappa shape index (κ2) is 40.6. The van der Waals surface area contributed by atoms with Crippen molar-refractivity contribution >= 4 is 10.1 Å². The lowest BCUT2D eigenvalue weighted by atomic mass is 10.0. The number of quaternary nitrogens is 1. The van der Waals surface area contributed by atoms with E-state index < -0.39 is 10.1 Å². The number of hydrogen-bond donors (Lipinski definition) is 0. The Hall–Kier alpha value is -0.130. The first-order chi connectivity index (χ1) is 23.9. The lowest BCUT2D eigenvalue weighted by molar-refractivity contribution is -0.921. The minimum Gasteiger partial charge on any atom is -0.325 e. The maximum absolute atomic E-state index is 12.1. The molecule has 298 valence electrons. The van der Waals surface area contributed by atoms with Crippen LogP contribution in [0.25, 0.3) is 0 Å². The fraction of sp³-hybridized carbons (Fsp3) is 1.00. The van der Waals surface area contributed by atoms with E-state index in [1.807, 2.05) is 0 Å². The topological polar surface area (TPSA) is 43.4 Å². The maximum Gasteiger partial charge on any atom is 0.267 e. The summed E-state index contributed by atoms with van der Waals surface area (Å²) in [5.74, 6) is 0.198. The van der Waals surface area contributed by atoms with Gasteiger partial charge in [-0.05, 0) is 40.5 Å². The van der Waals surface area contributed by atoms with Crippen LogP contribution in [0.5, 0.6) is 0 Å². The first kappa shape index (κ1) is 51.0. The molecule has 49 heavy (non-hydrogen) atoms. The van der Waals surface area contributed by atoms with Crippen LogP contribution in [0.2, 0.25) is 0 Å².